The van der Waals surface area contributed by atoms with Crippen LogP contribution in [0.5, 0.6) is 0 Å². The maximum Gasteiger partial charge on any atom is 0.0593 e. The third kappa shape index (κ3) is 6.11. The molecule has 1 aliphatic heterocycles. The highest BCUT2D eigenvalue weighted by Gasteiger charge is 2.31. The van der Waals surface area contributed by atoms with Gasteiger partial charge in [-0.05, 0) is 44.6 Å². The van der Waals surface area contributed by atoms with Crippen LogP contribution in [0.2, 0.25) is 0 Å². The third-order valence-corrected chi connectivity index (χ3v) is 4.72. The first-order valence-electron chi connectivity index (χ1n) is 8.61. The van der Waals surface area contributed by atoms with Crippen LogP contribution in [0.4, 0.5) is 0 Å². The average molecular weight is 284 g/mol. The van der Waals surface area contributed by atoms with Crippen molar-refractivity contribution in [1.29, 1.82) is 0 Å². The molecule has 0 aromatic carbocycles. The third-order valence-electron chi connectivity index (χ3n) is 4.72. The summed E-state index contributed by atoms with van der Waals surface area (Å²) >= 11 is 0. The number of piperidine rings is 1. The molecule has 0 aromatic rings. The maximum absolute atomic E-state index is 5.77. The van der Waals surface area contributed by atoms with Gasteiger partial charge in [0.25, 0.3) is 0 Å². The van der Waals surface area contributed by atoms with E-state index >= 15 is 0 Å². The van der Waals surface area contributed by atoms with Gasteiger partial charge in [-0.1, -0.05) is 27.7 Å². The molecule has 0 bridgehead atoms. The molecule has 1 fully saturated rings. The second-order valence-electron chi connectivity index (χ2n) is 6.78. The van der Waals surface area contributed by atoms with Crippen LogP contribution in [0.25, 0.3) is 0 Å². The first-order valence-corrected chi connectivity index (χ1v) is 8.61. The number of nitrogens with one attached hydrogen (secondary N) is 1. The Morgan fingerprint density at radius 2 is 2.00 bits per heavy atom. The Labute approximate surface area is 126 Å². The molecule has 3 nitrogen and oxygen atoms in total. The lowest BCUT2D eigenvalue weighted by molar-refractivity contribution is 0.0421. The number of hydrogen-bond acceptors (Lipinski definition) is 3. The first-order chi connectivity index (χ1) is 9.56. The van der Waals surface area contributed by atoms with Crippen LogP contribution in [0, 0.1) is 11.8 Å². The zero-order valence-electron chi connectivity index (χ0n) is 14.3. The number of hydrogen-bond donors (Lipinski definition) is 1. The molecule has 3 atom stereocenters. The van der Waals surface area contributed by atoms with E-state index in [-0.39, 0.29) is 0 Å². The zero-order valence-corrected chi connectivity index (χ0v) is 14.3. The molecular formula is C17H36N2O. The molecule has 0 aliphatic carbocycles. The van der Waals surface area contributed by atoms with Crippen LogP contribution < -0.4 is 5.32 Å². The fraction of sp³-hybridized carbons (Fsp3) is 1.00. The standard InChI is InChI=1S/C17H36N2O/c1-6-9-18-17-7-10-19(16(5)15(17)4)11-13-20-12-8-14(2)3/h14-18H,6-13H2,1-5H3. The zero-order chi connectivity index (χ0) is 15.0. The van der Waals surface area contributed by atoms with Gasteiger partial charge in [-0.3, -0.25) is 4.90 Å². The molecule has 1 rings (SSSR count). The molecule has 1 N–H and O–H groups in total. The van der Waals surface area contributed by atoms with Gasteiger partial charge in [0.15, 0.2) is 0 Å². The van der Waals surface area contributed by atoms with Gasteiger partial charge in [-0.25, -0.2) is 0 Å². The SMILES string of the molecule is CCCNC1CCN(CCOCCC(C)C)C(C)C1C. The minimum atomic E-state index is 0.659. The lowest BCUT2D eigenvalue weighted by Gasteiger charge is -2.43. The van der Waals surface area contributed by atoms with Crippen molar-refractivity contribution >= 4 is 0 Å². The van der Waals surface area contributed by atoms with Crippen molar-refractivity contribution in [2.75, 3.05) is 32.8 Å². The molecule has 1 saturated heterocycles. The van der Waals surface area contributed by atoms with E-state index in [2.05, 4.69) is 44.8 Å². The van der Waals surface area contributed by atoms with Gasteiger partial charge >= 0.3 is 0 Å². The van der Waals surface area contributed by atoms with Crippen molar-refractivity contribution in [3.63, 3.8) is 0 Å². The monoisotopic (exact) mass is 284 g/mol. The normalized spacial score (nSPS) is 28.2. The Kier molecular flexibility index (Phi) is 8.74. The molecule has 0 spiro atoms. The summed E-state index contributed by atoms with van der Waals surface area (Å²) in [7, 11) is 0. The van der Waals surface area contributed by atoms with Crippen LogP contribution in [0.3, 0.4) is 0 Å². The van der Waals surface area contributed by atoms with Crippen LogP contribution in [-0.4, -0.2) is 49.8 Å². The van der Waals surface area contributed by atoms with Gasteiger partial charge < -0.3 is 10.1 Å². The molecule has 0 saturated carbocycles. The molecule has 20 heavy (non-hydrogen) atoms. The van der Waals surface area contributed by atoms with Crippen molar-refractivity contribution < 1.29 is 4.74 Å². The van der Waals surface area contributed by atoms with Crippen LogP contribution >= 0.6 is 0 Å². The fourth-order valence-electron chi connectivity index (χ4n) is 2.98. The quantitative estimate of drug-likeness (QED) is 0.658. The van der Waals surface area contributed by atoms with Gasteiger partial charge in [0.2, 0.25) is 0 Å². The first kappa shape index (κ1) is 17.9. The molecule has 0 aromatic heterocycles. The molecular weight excluding hydrogens is 248 g/mol. The van der Waals surface area contributed by atoms with Gasteiger partial charge in [-0.2, -0.15) is 0 Å². The predicted molar refractivity (Wildman–Crippen MR) is 87.2 cm³/mol. The fourth-order valence-corrected chi connectivity index (χ4v) is 2.98. The molecule has 0 amide bonds. The molecule has 3 heteroatoms. The smallest absolute Gasteiger partial charge is 0.0593 e. The molecule has 3 unspecified atom stereocenters. The second-order valence-corrected chi connectivity index (χ2v) is 6.78. The molecule has 120 valence electrons. The maximum atomic E-state index is 5.77. The second kappa shape index (κ2) is 9.75. The van der Waals surface area contributed by atoms with Gasteiger partial charge in [0.1, 0.15) is 0 Å². The predicted octanol–water partition coefficient (Wildman–Crippen LogP) is 3.15. The van der Waals surface area contributed by atoms with E-state index in [9.17, 15) is 0 Å². The van der Waals surface area contributed by atoms with E-state index in [1.165, 1.54) is 25.8 Å². The van der Waals surface area contributed by atoms with Gasteiger partial charge in [-0.15, -0.1) is 0 Å². The highest BCUT2D eigenvalue weighted by Crippen LogP contribution is 2.23. The summed E-state index contributed by atoms with van der Waals surface area (Å²) in [6.07, 6.45) is 3.68. The summed E-state index contributed by atoms with van der Waals surface area (Å²) in [5.74, 6) is 1.47. The summed E-state index contributed by atoms with van der Waals surface area (Å²) in [5, 5.41) is 3.70. The minimum Gasteiger partial charge on any atom is -0.380 e. The molecule has 1 heterocycles. The lowest BCUT2D eigenvalue weighted by atomic mass is 9.87. The van der Waals surface area contributed by atoms with E-state index in [0.29, 0.717) is 12.1 Å². The summed E-state index contributed by atoms with van der Waals surface area (Å²) in [5.41, 5.74) is 0. The molecule has 0 radical (unpaired) electrons. The van der Waals surface area contributed by atoms with Crippen molar-refractivity contribution in [1.82, 2.24) is 10.2 Å². The van der Waals surface area contributed by atoms with Crippen molar-refractivity contribution in [3.8, 4) is 0 Å². The highest BCUT2D eigenvalue weighted by atomic mass is 16.5. The Balaban J connectivity index is 2.21. The van der Waals surface area contributed by atoms with Crippen molar-refractivity contribution in [2.45, 2.75) is 66.0 Å². The number of ether oxygens (including phenoxy) is 1. The summed E-state index contributed by atoms with van der Waals surface area (Å²) in [4.78, 5) is 2.60. The number of nitrogens with zero attached hydrogens (tertiary/aromatic N) is 1. The van der Waals surface area contributed by atoms with Crippen molar-refractivity contribution in [2.24, 2.45) is 11.8 Å². The average Bonchev–Trinajstić information content (AvgIpc) is 2.41. The van der Waals surface area contributed by atoms with Crippen molar-refractivity contribution in [3.05, 3.63) is 0 Å². The lowest BCUT2D eigenvalue weighted by Crippen LogP contribution is -2.54. The van der Waals surface area contributed by atoms with E-state index in [1.807, 2.05) is 0 Å². The summed E-state index contributed by atoms with van der Waals surface area (Å²) in [6.45, 7) is 16.8. The number of rotatable bonds is 9. The van der Waals surface area contributed by atoms with E-state index in [0.717, 1.165) is 38.1 Å². The van der Waals surface area contributed by atoms with Gasteiger partial charge in [0.05, 0.1) is 6.61 Å². The highest BCUT2D eigenvalue weighted by molar-refractivity contribution is 4.88. The van der Waals surface area contributed by atoms with E-state index in [1.54, 1.807) is 0 Å². The Hall–Kier alpha value is -0.120. The largest absolute Gasteiger partial charge is 0.380 e. The summed E-state index contributed by atoms with van der Waals surface area (Å²) < 4.78 is 5.77. The van der Waals surface area contributed by atoms with Crippen LogP contribution in [0.1, 0.15) is 53.9 Å². The summed E-state index contributed by atoms with van der Waals surface area (Å²) in [6, 6.07) is 1.36. The van der Waals surface area contributed by atoms with E-state index < -0.39 is 0 Å². The topological polar surface area (TPSA) is 24.5 Å². The Bertz CT molecular complexity index is 245. The molecule has 1 aliphatic rings. The van der Waals surface area contributed by atoms with Crippen LogP contribution in [0.15, 0.2) is 0 Å². The van der Waals surface area contributed by atoms with Gasteiger partial charge in [0, 0.05) is 31.8 Å². The van der Waals surface area contributed by atoms with Crippen LogP contribution in [-0.2, 0) is 4.74 Å². The number of likely N-dealkylation sites (tertiary alicyclic amines) is 1. The Morgan fingerprint density at radius 1 is 1.25 bits per heavy atom. The van der Waals surface area contributed by atoms with E-state index in [4.69, 9.17) is 4.74 Å². The Morgan fingerprint density at radius 3 is 2.65 bits per heavy atom. The minimum absolute atomic E-state index is 0.659.